The first kappa shape index (κ1) is 34.7. The quantitative estimate of drug-likeness (QED) is 0.179. The van der Waals surface area contributed by atoms with Crippen LogP contribution >= 0.6 is 0 Å². The van der Waals surface area contributed by atoms with E-state index in [4.69, 9.17) is 9.47 Å². The Hall–Kier alpha value is -5.59. The summed E-state index contributed by atoms with van der Waals surface area (Å²) >= 11 is 0. The van der Waals surface area contributed by atoms with Crippen LogP contribution in [0.3, 0.4) is 0 Å². The van der Waals surface area contributed by atoms with Crippen LogP contribution in [0.15, 0.2) is 66.7 Å². The molecule has 0 radical (unpaired) electrons. The smallest absolute Gasteiger partial charge is 0.328 e. The van der Waals surface area contributed by atoms with Crippen LogP contribution in [0.1, 0.15) is 63.3 Å². The molecular formula is C36H41N5O8. The molecule has 0 aliphatic carbocycles. The summed E-state index contributed by atoms with van der Waals surface area (Å²) in [6, 6.07) is 16.0. The van der Waals surface area contributed by atoms with Gasteiger partial charge in [-0.15, -0.1) is 0 Å². The summed E-state index contributed by atoms with van der Waals surface area (Å²) in [4.78, 5) is 68.6. The van der Waals surface area contributed by atoms with Crippen molar-refractivity contribution >= 4 is 41.2 Å². The molecule has 0 spiro atoms. The van der Waals surface area contributed by atoms with Gasteiger partial charge in [-0.3, -0.25) is 14.4 Å². The van der Waals surface area contributed by atoms with E-state index in [1.165, 1.54) is 4.90 Å². The van der Waals surface area contributed by atoms with Crippen LogP contribution in [-0.2, 0) is 20.9 Å². The van der Waals surface area contributed by atoms with Gasteiger partial charge in [0.1, 0.15) is 11.6 Å². The minimum atomic E-state index is -1.28. The third-order valence-electron chi connectivity index (χ3n) is 8.60. The number of carbonyl (C=O) groups is 5. The maximum atomic E-state index is 14.0. The Kier molecular flexibility index (Phi) is 10.1. The number of ether oxygens (including phenoxy) is 2. The van der Waals surface area contributed by atoms with Crippen LogP contribution in [0.25, 0.3) is 0 Å². The number of benzene rings is 3. The largest absolute Gasteiger partial charge is 0.481 e. The second kappa shape index (κ2) is 14.3. The molecule has 1 fully saturated rings. The minimum absolute atomic E-state index is 0.0311. The summed E-state index contributed by atoms with van der Waals surface area (Å²) in [6.45, 7) is 9.00. The van der Waals surface area contributed by atoms with Crippen molar-refractivity contribution in [1.82, 2.24) is 15.1 Å². The van der Waals surface area contributed by atoms with E-state index < -0.39 is 53.9 Å². The van der Waals surface area contributed by atoms with Crippen molar-refractivity contribution in [2.45, 2.75) is 71.6 Å². The number of carbonyl (C=O) groups excluding carboxylic acids is 4. The molecule has 4 N–H and O–H groups in total. The predicted octanol–water partition coefficient (Wildman–Crippen LogP) is 5.66. The SMILES string of the molecule is Cc1ccccc1NC(=O)Nc1ccc(CN2C(=O)N(C(CC(C)C)C(=O)NC(CC(=O)O)c3ccc4c(c3)OCO4)C(=O)C2(C)C)cc1. The van der Waals surface area contributed by atoms with Crippen LogP contribution in [0, 0.1) is 12.8 Å². The zero-order chi connectivity index (χ0) is 35.5. The van der Waals surface area contributed by atoms with Gasteiger partial charge in [-0.25, -0.2) is 14.5 Å². The van der Waals surface area contributed by atoms with Crippen LogP contribution in [0.4, 0.5) is 21.0 Å². The third-order valence-corrected chi connectivity index (χ3v) is 8.60. The summed E-state index contributed by atoms with van der Waals surface area (Å²) in [6.07, 6.45) is -0.267. The first-order chi connectivity index (χ1) is 23.2. The molecule has 0 bridgehead atoms. The Morgan fingerprint density at radius 1 is 0.939 bits per heavy atom. The van der Waals surface area contributed by atoms with Crippen molar-refractivity contribution in [3.8, 4) is 11.5 Å². The van der Waals surface area contributed by atoms with Crippen LogP contribution in [-0.4, -0.2) is 63.1 Å². The fourth-order valence-electron chi connectivity index (χ4n) is 5.88. The molecule has 2 unspecified atom stereocenters. The van der Waals surface area contributed by atoms with Gasteiger partial charge in [0, 0.05) is 17.9 Å². The molecule has 1 saturated heterocycles. The van der Waals surface area contributed by atoms with Gasteiger partial charge in [-0.1, -0.05) is 50.2 Å². The summed E-state index contributed by atoms with van der Waals surface area (Å²) < 4.78 is 10.8. The molecule has 258 valence electrons. The summed E-state index contributed by atoms with van der Waals surface area (Å²) in [7, 11) is 0. The topological polar surface area (TPSA) is 167 Å². The van der Waals surface area contributed by atoms with E-state index in [1.807, 2.05) is 39.0 Å². The molecule has 2 aliphatic rings. The standard InChI is InChI=1S/C36H41N5O8/c1-21(2)16-28(32(44)38-27(18-31(42)43)24-12-15-29-30(17-24)49-20-48-29)41-33(45)36(4,5)40(35(41)47)19-23-10-13-25(14-11-23)37-34(46)39-26-9-7-6-8-22(26)3/h6-15,17,21,27-28H,16,18-20H2,1-5H3,(H,38,44)(H,42,43)(H2,37,39,46). The number of carboxylic acids is 1. The zero-order valence-electron chi connectivity index (χ0n) is 28.1. The highest BCUT2D eigenvalue weighted by molar-refractivity contribution is 6.09. The number of imide groups is 1. The number of aliphatic carboxylic acids is 1. The Labute approximate surface area is 284 Å². The van der Waals surface area contributed by atoms with Crippen LogP contribution < -0.4 is 25.4 Å². The van der Waals surface area contributed by atoms with E-state index in [-0.39, 0.29) is 25.7 Å². The van der Waals surface area contributed by atoms with Gasteiger partial charge in [0.05, 0.1) is 12.5 Å². The lowest BCUT2D eigenvalue weighted by molar-refractivity contribution is -0.140. The number of anilines is 2. The molecule has 0 saturated carbocycles. The number of aryl methyl sites for hydroxylation is 1. The number of rotatable bonds is 12. The molecule has 3 aromatic carbocycles. The highest BCUT2D eigenvalue weighted by Crippen LogP contribution is 2.36. The van der Waals surface area contributed by atoms with Crippen molar-refractivity contribution < 1.29 is 38.6 Å². The van der Waals surface area contributed by atoms with Gasteiger partial charge in [0.2, 0.25) is 12.7 Å². The Balaban J connectivity index is 1.31. The first-order valence-corrected chi connectivity index (χ1v) is 16.0. The van der Waals surface area contributed by atoms with E-state index in [9.17, 15) is 29.1 Å². The fraction of sp³-hybridized carbons (Fsp3) is 0.361. The highest BCUT2D eigenvalue weighted by atomic mass is 16.7. The van der Waals surface area contributed by atoms with E-state index in [0.717, 1.165) is 10.5 Å². The first-order valence-electron chi connectivity index (χ1n) is 16.0. The number of nitrogens with zero attached hydrogens (tertiary/aromatic N) is 2. The highest BCUT2D eigenvalue weighted by Gasteiger charge is 2.54. The number of nitrogens with one attached hydrogen (secondary N) is 3. The Bertz CT molecular complexity index is 1760. The Morgan fingerprint density at radius 3 is 2.31 bits per heavy atom. The minimum Gasteiger partial charge on any atom is -0.481 e. The van der Waals surface area contributed by atoms with Gasteiger partial charge in [0.25, 0.3) is 5.91 Å². The predicted molar refractivity (Wildman–Crippen MR) is 181 cm³/mol. The van der Waals surface area contributed by atoms with E-state index in [2.05, 4.69) is 16.0 Å². The second-order valence-electron chi connectivity index (χ2n) is 13.1. The average molecular weight is 672 g/mol. The van der Waals surface area contributed by atoms with E-state index in [1.54, 1.807) is 62.4 Å². The molecule has 49 heavy (non-hydrogen) atoms. The number of para-hydroxylation sites is 1. The number of hydrogen-bond donors (Lipinski definition) is 4. The van der Waals surface area contributed by atoms with Crippen molar-refractivity contribution in [2.24, 2.45) is 5.92 Å². The van der Waals surface area contributed by atoms with Crippen molar-refractivity contribution in [3.63, 3.8) is 0 Å². The average Bonchev–Trinajstić information content (AvgIpc) is 3.57. The molecule has 13 nitrogen and oxygen atoms in total. The number of hydrogen-bond acceptors (Lipinski definition) is 7. The summed E-state index contributed by atoms with van der Waals surface area (Å²) in [5, 5.41) is 18.0. The van der Waals surface area contributed by atoms with Gasteiger partial charge in [0.15, 0.2) is 11.5 Å². The molecule has 2 aliphatic heterocycles. The number of fused-ring (bicyclic) bond motifs is 1. The second-order valence-corrected chi connectivity index (χ2v) is 13.1. The number of amides is 6. The maximum Gasteiger partial charge on any atom is 0.328 e. The molecule has 2 heterocycles. The molecule has 13 heteroatoms. The van der Waals surface area contributed by atoms with Crippen molar-refractivity contribution in [1.29, 1.82) is 0 Å². The zero-order valence-corrected chi connectivity index (χ0v) is 28.1. The molecule has 6 amide bonds. The Morgan fingerprint density at radius 2 is 1.63 bits per heavy atom. The monoisotopic (exact) mass is 671 g/mol. The molecule has 5 rings (SSSR count). The van der Waals surface area contributed by atoms with Crippen molar-refractivity contribution in [3.05, 3.63) is 83.4 Å². The lowest BCUT2D eigenvalue weighted by Gasteiger charge is -2.29. The summed E-state index contributed by atoms with van der Waals surface area (Å²) in [5.41, 5.74) is 2.05. The van der Waals surface area contributed by atoms with Crippen LogP contribution in [0.2, 0.25) is 0 Å². The fourth-order valence-corrected chi connectivity index (χ4v) is 5.88. The maximum absolute atomic E-state index is 14.0. The molecule has 3 aromatic rings. The number of urea groups is 2. The molecule has 2 atom stereocenters. The normalized spacial score (nSPS) is 16.0. The summed E-state index contributed by atoms with van der Waals surface area (Å²) in [5.74, 6) is -1.47. The van der Waals surface area contributed by atoms with Gasteiger partial charge < -0.3 is 35.4 Å². The van der Waals surface area contributed by atoms with Crippen LogP contribution in [0.5, 0.6) is 11.5 Å². The number of carboxylic acid groups (broad SMARTS) is 1. The molecular weight excluding hydrogens is 630 g/mol. The van der Waals surface area contributed by atoms with E-state index >= 15 is 0 Å². The van der Waals surface area contributed by atoms with Gasteiger partial charge >= 0.3 is 18.0 Å². The van der Waals surface area contributed by atoms with Gasteiger partial charge in [-0.2, -0.15) is 0 Å². The lowest BCUT2D eigenvalue weighted by Crippen LogP contribution is -2.52. The molecule has 0 aromatic heterocycles. The lowest BCUT2D eigenvalue weighted by atomic mass is 9.97. The van der Waals surface area contributed by atoms with Gasteiger partial charge in [-0.05, 0) is 80.1 Å². The van der Waals surface area contributed by atoms with Crippen molar-refractivity contribution in [2.75, 3.05) is 17.4 Å². The van der Waals surface area contributed by atoms with E-state index in [0.29, 0.717) is 34.0 Å². The third kappa shape index (κ3) is 7.77.